The maximum Gasteiger partial charge on any atom is 0.244 e. The number of nitrogens with one attached hydrogen (secondary N) is 1. The Bertz CT molecular complexity index is 774. The molecule has 2 aromatic carbocycles. The molecule has 0 aliphatic rings. The van der Waals surface area contributed by atoms with Gasteiger partial charge in [0.05, 0.1) is 12.1 Å². The Morgan fingerprint density at radius 2 is 1.42 bits per heavy atom. The summed E-state index contributed by atoms with van der Waals surface area (Å²) in [4.78, 5) is 16.2. The quantitative estimate of drug-likeness (QED) is 0.581. The Kier molecular flexibility index (Phi) is 5.10. The summed E-state index contributed by atoms with van der Waals surface area (Å²) in [5.74, 6) is -0.149. The summed E-state index contributed by atoms with van der Waals surface area (Å²) in [5, 5.41) is 4.35. The highest BCUT2D eigenvalue weighted by atomic mass is 16.2. The van der Waals surface area contributed by atoms with Gasteiger partial charge in [-0.3, -0.25) is 9.78 Å². The minimum absolute atomic E-state index is 0.149. The molecule has 0 aliphatic carbocycles. The molecule has 3 aromatic rings. The first-order valence-corrected chi connectivity index (χ1v) is 7.69. The van der Waals surface area contributed by atoms with E-state index in [1.165, 1.54) is 0 Å². The van der Waals surface area contributed by atoms with E-state index < -0.39 is 0 Å². The van der Waals surface area contributed by atoms with Crippen molar-refractivity contribution in [2.24, 2.45) is 5.10 Å². The molecule has 0 aliphatic heterocycles. The van der Waals surface area contributed by atoms with Gasteiger partial charge in [-0.2, -0.15) is 5.10 Å². The number of amides is 1. The van der Waals surface area contributed by atoms with Gasteiger partial charge in [-0.05, 0) is 17.7 Å². The molecule has 1 amide bonds. The Labute approximate surface area is 140 Å². The minimum atomic E-state index is -0.149. The third-order valence-corrected chi connectivity index (χ3v) is 3.50. The van der Waals surface area contributed by atoms with Gasteiger partial charge in [0.2, 0.25) is 5.91 Å². The van der Waals surface area contributed by atoms with Gasteiger partial charge >= 0.3 is 0 Å². The molecule has 0 unspecified atom stereocenters. The van der Waals surface area contributed by atoms with Crippen molar-refractivity contribution in [3.05, 3.63) is 102 Å². The molecule has 1 aromatic heterocycles. The molecule has 0 atom stereocenters. The zero-order chi connectivity index (χ0) is 16.6. The van der Waals surface area contributed by atoms with Crippen LogP contribution in [-0.2, 0) is 11.2 Å². The number of hydrogen-bond acceptors (Lipinski definition) is 3. The van der Waals surface area contributed by atoms with Crippen LogP contribution in [0.2, 0.25) is 0 Å². The summed E-state index contributed by atoms with van der Waals surface area (Å²) < 4.78 is 0. The Hall–Kier alpha value is -3.27. The van der Waals surface area contributed by atoms with E-state index in [4.69, 9.17) is 0 Å². The van der Waals surface area contributed by atoms with Crippen LogP contribution in [0.3, 0.4) is 0 Å². The van der Waals surface area contributed by atoms with Crippen LogP contribution in [0.5, 0.6) is 0 Å². The van der Waals surface area contributed by atoms with E-state index in [2.05, 4.69) is 15.5 Å². The van der Waals surface area contributed by atoms with Crippen LogP contribution >= 0.6 is 0 Å². The van der Waals surface area contributed by atoms with Crippen LogP contribution in [0.1, 0.15) is 16.7 Å². The number of carbonyl (C=O) groups is 1. The number of benzene rings is 2. The van der Waals surface area contributed by atoms with Crippen molar-refractivity contribution in [3.63, 3.8) is 0 Å². The van der Waals surface area contributed by atoms with Crippen molar-refractivity contribution in [3.8, 4) is 0 Å². The third kappa shape index (κ3) is 4.14. The highest BCUT2D eigenvalue weighted by Crippen LogP contribution is 2.09. The van der Waals surface area contributed by atoms with Crippen LogP contribution < -0.4 is 5.43 Å². The molecular weight excluding hydrogens is 298 g/mol. The molecule has 0 saturated heterocycles. The first-order valence-electron chi connectivity index (χ1n) is 7.69. The number of hydrogen-bond donors (Lipinski definition) is 1. The van der Waals surface area contributed by atoms with E-state index in [-0.39, 0.29) is 5.91 Å². The molecule has 0 saturated carbocycles. The second-order valence-corrected chi connectivity index (χ2v) is 5.26. The number of rotatable bonds is 5. The van der Waals surface area contributed by atoms with Crippen molar-refractivity contribution < 1.29 is 4.79 Å². The van der Waals surface area contributed by atoms with Crippen LogP contribution in [0.15, 0.2) is 90.3 Å². The maximum atomic E-state index is 12.1. The smallest absolute Gasteiger partial charge is 0.244 e. The van der Waals surface area contributed by atoms with E-state index >= 15 is 0 Å². The van der Waals surface area contributed by atoms with E-state index in [1.807, 2.05) is 72.8 Å². The molecule has 4 heteroatoms. The van der Waals surface area contributed by atoms with E-state index in [0.29, 0.717) is 12.1 Å². The highest BCUT2D eigenvalue weighted by molar-refractivity contribution is 6.13. The van der Waals surface area contributed by atoms with Crippen LogP contribution in [0.25, 0.3) is 0 Å². The lowest BCUT2D eigenvalue weighted by Gasteiger charge is -2.08. The summed E-state index contributed by atoms with van der Waals surface area (Å²) in [6.07, 6.45) is 3.71. The van der Waals surface area contributed by atoms with E-state index in [0.717, 1.165) is 16.7 Å². The monoisotopic (exact) mass is 315 g/mol. The van der Waals surface area contributed by atoms with Gasteiger partial charge in [-0.1, -0.05) is 60.7 Å². The molecule has 0 radical (unpaired) electrons. The molecule has 1 N–H and O–H groups in total. The molecule has 0 bridgehead atoms. The van der Waals surface area contributed by atoms with Gasteiger partial charge in [0.25, 0.3) is 0 Å². The number of hydrazone groups is 1. The number of nitrogens with zero attached hydrogens (tertiary/aromatic N) is 2. The minimum Gasteiger partial charge on any atom is -0.273 e. The largest absolute Gasteiger partial charge is 0.273 e. The lowest BCUT2D eigenvalue weighted by atomic mass is 10.0. The number of carbonyl (C=O) groups excluding carboxylic acids is 1. The van der Waals surface area contributed by atoms with Gasteiger partial charge in [0.15, 0.2) is 0 Å². The van der Waals surface area contributed by atoms with Crippen molar-refractivity contribution in [2.75, 3.05) is 0 Å². The fourth-order valence-corrected chi connectivity index (χ4v) is 2.34. The van der Waals surface area contributed by atoms with Gasteiger partial charge in [-0.15, -0.1) is 0 Å². The summed E-state index contributed by atoms with van der Waals surface area (Å²) in [6, 6.07) is 23.1. The SMILES string of the molecule is O=C(Cc1ccccc1)N/N=C(\c1ccccc1)c1ccncc1. The van der Waals surface area contributed by atoms with E-state index in [1.54, 1.807) is 12.4 Å². The molecule has 24 heavy (non-hydrogen) atoms. The highest BCUT2D eigenvalue weighted by Gasteiger charge is 2.08. The summed E-state index contributed by atoms with van der Waals surface area (Å²) in [6.45, 7) is 0. The molecule has 4 nitrogen and oxygen atoms in total. The lowest BCUT2D eigenvalue weighted by molar-refractivity contribution is -0.120. The topological polar surface area (TPSA) is 54.4 Å². The fourth-order valence-electron chi connectivity index (χ4n) is 2.34. The van der Waals surface area contributed by atoms with Crippen LogP contribution in [0, 0.1) is 0 Å². The first-order chi connectivity index (χ1) is 11.8. The van der Waals surface area contributed by atoms with Gasteiger partial charge in [0, 0.05) is 23.5 Å². The van der Waals surface area contributed by atoms with Crippen molar-refractivity contribution in [2.45, 2.75) is 6.42 Å². The molecule has 3 rings (SSSR count). The summed E-state index contributed by atoms with van der Waals surface area (Å²) in [7, 11) is 0. The van der Waals surface area contributed by atoms with Gasteiger partial charge in [0.1, 0.15) is 0 Å². The summed E-state index contributed by atoms with van der Waals surface area (Å²) in [5.41, 5.74) is 6.15. The predicted octanol–water partition coefficient (Wildman–Crippen LogP) is 3.19. The average Bonchev–Trinajstić information content (AvgIpc) is 2.64. The molecular formula is C20H17N3O. The predicted molar refractivity (Wildman–Crippen MR) is 94.6 cm³/mol. The molecule has 118 valence electrons. The fraction of sp³-hybridized carbons (Fsp3) is 0.0500. The van der Waals surface area contributed by atoms with Gasteiger partial charge < -0.3 is 0 Å². The Balaban J connectivity index is 1.81. The average molecular weight is 315 g/mol. The zero-order valence-corrected chi connectivity index (χ0v) is 13.1. The third-order valence-electron chi connectivity index (χ3n) is 3.50. The standard InChI is InChI=1S/C20H17N3O/c24-19(15-16-7-3-1-4-8-16)22-23-20(17-9-5-2-6-10-17)18-11-13-21-14-12-18/h1-14H,15H2,(H,22,24)/b23-20+. The van der Waals surface area contributed by atoms with Crippen LogP contribution in [0.4, 0.5) is 0 Å². The summed E-state index contributed by atoms with van der Waals surface area (Å²) >= 11 is 0. The second kappa shape index (κ2) is 7.83. The number of aromatic nitrogens is 1. The molecule has 0 spiro atoms. The second-order valence-electron chi connectivity index (χ2n) is 5.26. The van der Waals surface area contributed by atoms with Crippen molar-refractivity contribution >= 4 is 11.6 Å². The van der Waals surface area contributed by atoms with Crippen LogP contribution in [-0.4, -0.2) is 16.6 Å². The lowest BCUT2D eigenvalue weighted by Crippen LogP contribution is -2.22. The normalized spacial score (nSPS) is 11.1. The Morgan fingerprint density at radius 1 is 0.833 bits per heavy atom. The maximum absolute atomic E-state index is 12.1. The molecule has 0 fully saturated rings. The van der Waals surface area contributed by atoms with Crippen molar-refractivity contribution in [1.82, 2.24) is 10.4 Å². The van der Waals surface area contributed by atoms with Gasteiger partial charge in [-0.25, -0.2) is 5.43 Å². The van der Waals surface area contributed by atoms with Crippen molar-refractivity contribution in [1.29, 1.82) is 0 Å². The Morgan fingerprint density at radius 3 is 2.08 bits per heavy atom. The molecule has 1 heterocycles. The van der Waals surface area contributed by atoms with E-state index in [9.17, 15) is 4.79 Å². The number of pyridine rings is 1. The first kappa shape index (κ1) is 15.6. The zero-order valence-electron chi connectivity index (χ0n) is 13.1.